The molecule has 1 aromatic heterocycles. The number of hydrogen-bond acceptors (Lipinski definition) is 5. The van der Waals surface area contributed by atoms with Crippen molar-refractivity contribution in [3.8, 4) is 0 Å². The molecular weight excluding hydrogens is 318 g/mol. The van der Waals surface area contributed by atoms with E-state index in [-0.39, 0.29) is 40.8 Å². The molecule has 0 bridgehead atoms. The number of carbonyl (C=O) groups excluding carboxylic acids is 1. The Morgan fingerprint density at radius 2 is 2.05 bits per heavy atom. The van der Waals surface area contributed by atoms with E-state index in [1.54, 1.807) is 6.92 Å². The highest BCUT2D eigenvalue weighted by Gasteiger charge is 2.22. The van der Waals surface area contributed by atoms with Gasteiger partial charge < -0.3 is 15.1 Å². The fourth-order valence-electron chi connectivity index (χ4n) is 1.67. The van der Waals surface area contributed by atoms with E-state index in [1.807, 2.05) is 13.8 Å². The van der Waals surface area contributed by atoms with Crippen LogP contribution >= 0.6 is 12.4 Å². The maximum absolute atomic E-state index is 12.0. The molecule has 1 atom stereocenters. The third-order valence-electron chi connectivity index (χ3n) is 2.79. The van der Waals surface area contributed by atoms with Gasteiger partial charge in [0.15, 0.2) is 0 Å². The van der Waals surface area contributed by atoms with Crippen molar-refractivity contribution in [2.45, 2.75) is 31.9 Å². The van der Waals surface area contributed by atoms with Crippen LogP contribution in [0.4, 0.5) is 0 Å². The Kier molecular flexibility index (Phi) is 7.94. The second kappa shape index (κ2) is 8.38. The lowest BCUT2D eigenvalue weighted by Crippen LogP contribution is -2.38. The fraction of sp³-hybridized carbons (Fsp3) is 0.583. The molecule has 0 aliphatic heterocycles. The summed E-state index contributed by atoms with van der Waals surface area (Å²) in [5.74, 6) is -0.0824. The smallest absolute Gasteiger partial charge is 0.273 e. The van der Waals surface area contributed by atoms with Gasteiger partial charge in [-0.2, -0.15) is 0 Å². The van der Waals surface area contributed by atoms with E-state index in [4.69, 9.17) is 4.42 Å². The average molecular weight is 340 g/mol. The molecule has 21 heavy (non-hydrogen) atoms. The van der Waals surface area contributed by atoms with E-state index in [1.165, 1.54) is 13.1 Å². The van der Waals surface area contributed by atoms with Crippen molar-refractivity contribution in [1.82, 2.24) is 15.4 Å². The lowest BCUT2D eigenvalue weighted by atomic mass is 10.2. The molecule has 3 N–H and O–H groups in total. The molecule has 0 fully saturated rings. The minimum absolute atomic E-state index is 0. The fourth-order valence-corrected chi connectivity index (χ4v) is 2.38. The summed E-state index contributed by atoms with van der Waals surface area (Å²) >= 11 is 0. The first kappa shape index (κ1) is 19.9. The Morgan fingerprint density at radius 3 is 2.57 bits per heavy atom. The molecule has 0 unspecified atom stereocenters. The Balaban J connectivity index is 0.00000400. The third-order valence-corrected chi connectivity index (χ3v) is 4.06. The first-order valence-corrected chi connectivity index (χ1v) is 7.85. The highest BCUT2D eigenvalue weighted by molar-refractivity contribution is 7.89. The van der Waals surface area contributed by atoms with Crippen LogP contribution < -0.4 is 15.4 Å². The SMILES string of the molecule is CCN[C@H](C)CNC(=O)c1cc(S(=O)(=O)NC)oc1C.Cl. The largest absolute Gasteiger partial charge is 0.448 e. The Bertz CT molecular complexity index is 571. The van der Waals surface area contributed by atoms with Gasteiger partial charge in [-0.15, -0.1) is 12.4 Å². The number of hydrogen-bond donors (Lipinski definition) is 3. The van der Waals surface area contributed by atoms with Crippen LogP contribution in [0.3, 0.4) is 0 Å². The number of sulfonamides is 1. The van der Waals surface area contributed by atoms with Crippen LogP contribution in [0.5, 0.6) is 0 Å². The summed E-state index contributed by atoms with van der Waals surface area (Å²) in [6.07, 6.45) is 0. The Hall–Kier alpha value is -1.09. The summed E-state index contributed by atoms with van der Waals surface area (Å²) in [6.45, 7) is 6.74. The zero-order valence-electron chi connectivity index (χ0n) is 12.5. The van der Waals surface area contributed by atoms with Gasteiger partial charge in [-0.05, 0) is 27.4 Å². The highest BCUT2D eigenvalue weighted by Crippen LogP contribution is 2.18. The van der Waals surface area contributed by atoms with E-state index in [0.29, 0.717) is 6.54 Å². The average Bonchev–Trinajstić information content (AvgIpc) is 2.79. The van der Waals surface area contributed by atoms with Crippen molar-refractivity contribution in [1.29, 1.82) is 0 Å². The number of rotatable bonds is 7. The number of amides is 1. The minimum atomic E-state index is -3.68. The Labute approximate surface area is 131 Å². The molecule has 0 spiro atoms. The highest BCUT2D eigenvalue weighted by atomic mass is 35.5. The quantitative estimate of drug-likeness (QED) is 0.677. The molecule has 1 rings (SSSR count). The molecule has 0 aliphatic rings. The standard InChI is InChI=1S/C12H21N3O4S.ClH/c1-5-14-8(2)7-15-12(16)10-6-11(19-9(10)3)20(17,18)13-4;/h6,8,13-14H,5,7H2,1-4H3,(H,15,16);1H/t8-;/m1./s1. The van der Waals surface area contributed by atoms with Gasteiger partial charge >= 0.3 is 0 Å². The molecular formula is C12H22ClN3O4S. The van der Waals surface area contributed by atoms with Gasteiger partial charge in [-0.1, -0.05) is 6.92 Å². The van der Waals surface area contributed by atoms with E-state index in [0.717, 1.165) is 6.54 Å². The first-order chi connectivity index (χ1) is 9.31. The van der Waals surface area contributed by atoms with Crippen molar-refractivity contribution in [2.75, 3.05) is 20.1 Å². The zero-order chi connectivity index (χ0) is 15.3. The van der Waals surface area contributed by atoms with Crippen LogP contribution in [0.15, 0.2) is 15.6 Å². The maximum atomic E-state index is 12.0. The number of aryl methyl sites for hydroxylation is 1. The normalized spacial score (nSPS) is 12.6. The topological polar surface area (TPSA) is 100 Å². The van der Waals surface area contributed by atoms with Crippen molar-refractivity contribution >= 4 is 28.3 Å². The molecule has 9 heteroatoms. The Morgan fingerprint density at radius 1 is 1.43 bits per heavy atom. The van der Waals surface area contributed by atoms with Gasteiger partial charge in [-0.25, -0.2) is 13.1 Å². The predicted molar refractivity (Wildman–Crippen MR) is 82.4 cm³/mol. The van der Waals surface area contributed by atoms with Crippen LogP contribution in [0.1, 0.15) is 30.0 Å². The predicted octanol–water partition coefficient (Wildman–Crippen LogP) is 0.646. The van der Waals surface area contributed by atoms with Crippen LogP contribution in [0.2, 0.25) is 0 Å². The van der Waals surface area contributed by atoms with Gasteiger partial charge in [0, 0.05) is 18.7 Å². The van der Waals surface area contributed by atoms with Crippen LogP contribution in [-0.4, -0.2) is 40.5 Å². The van der Waals surface area contributed by atoms with Gasteiger partial charge in [-0.3, -0.25) is 4.79 Å². The second-order valence-corrected chi connectivity index (χ2v) is 6.23. The zero-order valence-corrected chi connectivity index (χ0v) is 14.2. The van der Waals surface area contributed by atoms with Crippen molar-refractivity contribution in [3.63, 3.8) is 0 Å². The maximum Gasteiger partial charge on any atom is 0.273 e. The second-order valence-electron chi connectivity index (χ2n) is 4.41. The number of furan rings is 1. The van der Waals surface area contributed by atoms with Crippen molar-refractivity contribution in [3.05, 3.63) is 17.4 Å². The molecule has 1 aromatic rings. The molecule has 0 aromatic carbocycles. The van der Waals surface area contributed by atoms with E-state index in [2.05, 4.69) is 15.4 Å². The van der Waals surface area contributed by atoms with E-state index < -0.39 is 10.0 Å². The molecule has 0 aliphatic carbocycles. The van der Waals surface area contributed by atoms with Gasteiger partial charge in [0.1, 0.15) is 5.76 Å². The van der Waals surface area contributed by atoms with Gasteiger partial charge in [0.2, 0.25) is 5.09 Å². The lowest BCUT2D eigenvalue weighted by molar-refractivity contribution is 0.0948. The number of carbonyl (C=O) groups is 1. The molecule has 1 amide bonds. The first-order valence-electron chi connectivity index (χ1n) is 6.37. The third kappa shape index (κ3) is 5.31. The molecule has 122 valence electrons. The number of likely N-dealkylation sites (N-methyl/N-ethyl adjacent to an activating group) is 1. The summed E-state index contributed by atoms with van der Waals surface area (Å²) in [5, 5.41) is 5.63. The van der Waals surface area contributed by atoms with E-state index in [9.17, 15) is 13.2 Å². The molecule has 1 heterocycles. The van der Waals surface area contributed by atoms with Gasteiger partial charge in [0.25, 0.3) is 15.9 Å². The lowest BCUT2D eigenvalue weighted by Gasteiger charge is -2.12. The molecule has 7 nitrogen and oxygen atoms in total. The number of halogens is 1. The molecule has 0 radical (unpaired) electrons. The summed E-state index contributed by atoms with van der Waals surface area (Å²) in [5.41, 5.74) is 0.225. The van der Waals surface area contributed by atoms with Crippen LogP contribution in [0.25, 0.3) is 0 Å². The van der Waals surface area contributed by atoms with Crippen molar-refractivity contribution in [2.24, 2.45) is 0 Å². The van der Waals surface area contributed by atoms with Crippen LogP contribution in [0, 0.1) is 6.92 Å². The van der Waals surface area contributed by atoms with Gasteiger partial charge in [0.05, 0.1) is 5.56 Å². The van der Waals surface area contributed by atoms with Crippen molar-refractivity contribution < 1.29 is 17.6 Å². The summed E-state index contributed by atoms with van der Waals surface area (Å²) < 4.78 is 30.4. The van der Waals surface area contributed by atoms with E-state index >= 15 is 0 Å². The summed E-state index contributed by atoms with van der Waals surface area (Å²) in [7, 11) is -2.40. The summed E-state index contributed by atoms with van der Waals surface area (Å²) in [6, 6.07) is 1.37. The molecule has 0 saturated carbocycles. The van der Waals surface area contributed by atoms with Crippen LogP contribution in [-0.2, 0) is 10.0 Å². The monoisotopic (exact) mass is 339 g/mol. The summed E-state index contributed by atoms with van der Waals surface area (Å²) in [4.78, 5) is 12.0. The molecule has 0 saturated heterocycles. The number of nitrogens with one attached hydrogen (secondary N) is 3. The minimum Gasteiger partial charge on any atom is -0.448 e.